The molecule has 6 nitrogen and oxygen atoms in total. The molecule has 0 aromatic heterocycles. The maximum Gasteiger partial charge on any atom is 0.312 e. The van der Waals surface area contributed by atoms with Crippen LogP contribution >= 0.6 is 0 Å². The topological polar surface area (TPSA) is 104 Å². The summed E-state index contributed by atoms with van der Waals surface area (Å²) in [6.07, 6.45) is 0.127. The van der Waals surface area contributed by atoms with Gasteiger partial charge in [0.25, 0.3) is 0 Å². The molecule has 18 heavy (non-hydrogen) atoms. The molecule has 0 unspecified atom stereocenters. The number of nitrogens with one attached hydrogen (secondary N) is 1. The smallest absolute Gasteiger partial charge is 0.312 e. The van der Waals surface area contributed by atoms with E-state index in [1.807, 2.05) is 0 Å². The second-order valence-corrected chi connectivity index (χ2v) is 3.75. The standard InChI is InChI=1S/C12H13NO5/c14-7-9(13-11(16)6-12(17)18)5-8-1-3-10(15)4-2-8/h1-4,7,9,15H,5-6H2,(H,13,16)(H,17,18)/t9-/m0/s1. The van der Waals surface area contributed by atoms with Crippen molar-refractivity contribution in [3.05, 3.63) is 29.8 Å². The van der Waals surface area contributed by atoms with Crippen molar-refractivity contribution in [2.75, 3.05) is 0 Å². The van der Waals surface area contributed by atoms with E-state index in [0.717, 1.165) is 5.56 Å². The number of carboxylic acid groups (broad SMARTS) is 1. The highest BCUT2D eigenvalue weighted by atomic mass is 16.4. The van der Waals surface area contributed by atoms with E-state index >= 15 is 0 Å². The highest BCUT2D eigenvalue weighted by Crippen LogP contribution is 2.10. The van der Waals surface area contributed by atoms with Crippen LogP contribution in [0, 0.1) is 0 Å². The Bertz CT molecular complexity index is 440. The summed E-state index contributed by atoms with van der Waals surface area (Å²) in [4.78, 5) is 32.3. The SMILES string of the molecule is O=C[C@H](Cc1ccc(O)cc1)NC(=O)CC(=O)O. The Morgan fingerprint density at radius 1 is 1.28 bits per heavy atom. The van der Waals surface area contributed by atoms with Crippen molar-refractivity contribution >= 4 is 18.2 Å². The van der Waals surface area contributed by atoms with Crippen molar-refractivity contribution in [3.63, 3.8) is 0 Å². The van der Waals surface area contributed by atoms with Gasteiger partial charge >= 0.3 is 5.97 Å². The van der Waals surface area contributed by atoms with Gasteiger partial charge in [-0.05, 0) is 24.1 Å². The van der Waals surface area contributed by atoms with E-state index < -0.39 is 24.3 Å². The van der Waals surface area contributed by atoms with Gasteiger partial charge in [0.15, 0.2) is 0 Å². The number of phenols is 1. The molecular weight excluding hydrogens is 238 g/mol. The quantitative estimate of drug-likeness (QED) is 0.491. The van der Waals surface area contributed by atoms with E-state index in [4.69, 9.17) is 10.2 Å². The zero-order valence-electron chi connectivity index (χ0n) is 9.50. The molecule has 0 aliphatic heterocycles. The fourth-order valence-corrected chi connectivity index (χ4v) is 1.41. The Morgan fingerprint density at radius 2 is 1.89 bits per heavy atom. The molecule has 0 spiro atoms. The Labute approximate surface area is 103 Å². The minimum Gasteiger partial charge on any atom is -0.508 e. The van der Waals surface area contributed by atoms with E-state index in [1.165, 1.54) is 12.1 Å². The van der Waals surface area contributed by atoms with Crippen LogP contribution in [0.1, 0.15) is 12.0 Å². The number of aliphatic carboxylic acids is 1. The van der Waals surface area contributed by atoms with Gasteiger partial charge in [0.2, 0.25) is 5.91 Å². The Hall–Kier alpha value is -2.37. The van der Waals surface area contributed by atoms with Gasteiger partial charge in [-0.15, -0.1) is 0 Å². The molecule has 1 rings (SSSR count). The number of aromatic hydroxyl groups is 1. The predicted molar refractivity (Wildman–Crippen MR) is 62.1 cm³/mol. The Balaban J connectivity index is 2.56. The second-order valence-electron chi connectivity index (χ2n) is 3.75. The van der Waals surface area contributed by atoms with Crippen LogP contribution in [0.15, 0.2) is 24.3 Å². The molecule has 6 heteroatoms. The maximum absolute atomic E-state index is 11.2. The monoisotopic (exact) mass is 251 g/mol. The van der Waals surface area contributed by atoms with Crippen LogP contribution in [0.3, 0.4) is 0 Å². The van der Waals surface area contributed by atoms with Gasteiger partial charge in [-0.25, -0.2) is 0 Å². The highest BCUT2D eigenvalue weighted by molar-refractivity contribution is 5.94. The van der Waals surface area contributed by atoms with Crippen LogP contribution in [0.4, 0.5) is 0 Å². The first-order chi connectivity index (χ1) is 8.51. The predicted octanol–water partition coefficient (Wildman–Crippen LogP) is 0.0931. The molecule has 0 aliphatic carbocycles. The number of hydrogen-bond donors (Lipinski definition) is 3. The zero-order chi connectivity index (χ0) is 13.5. The number of carbonyl (C=O) groups excluding carboxylic acids is 2. The van der Waals surface area contributed by atoms with Gasteiger partial charge in [-0.2, -0.15) is 0 Å². The zero-order valence-corrected chi connectivity index (χ0v) is 9.50. The van der Waals surface area contributed by atoms with Crippen molar-refractivity contribution in [2.45, 2.75) is 18.9 Å². The van der Waals surface area contributed by atoms with Crippen molar-refractivity contribution < 1.29 is 24.6 Å². The van der Waals surface area contributed by atoms with Crippen LogP contribution in [-0.4, -0.2) is 34.4 Å². The molecule has 0 heterocycles. The summed E-state index contributed by atoms with van der Waals surface area (Å²) in [6.45, 7) is 0. The summed E-state index contributed by atoms with van der Waals surface area (Å²) in [6, 6.07) is 5.40. The first kappa shape index (κ1) is 13.7. The summed E-state index contributed by atoms with van der Waals surface area (Å²) in [5.41, 5.74) is 0.750. The molecule has 0 saturated heterocycles. The molecule has 0 radical (unpaired) electrons. The lowest BCUT2D eigenvalue weighted by molar-refractivity contribution is -0.141. The van der Waals surface area contributed by atoms with Gasteiger partial charge in [0, 0.05) is 0 Å². The molecule has 3 N–H and O–H groups in total. The lowest BCUT2D eigenvalue weighted by Crippen LogP contribution is -2.38. The van der Waals surface area contributed by atoms with Crippen molar-refractivity contribution in [3.8, 4) is 5.75 Å². The fourth-order valence-electron chi connectivity index (χ4n) is 1.41. The molecule has 0 fully saturated rings. The summed E-state index contributed by atoms with van der Waals surface area (Å²) >= 11 is 0. The van der Waals surface area contributed by atoms with Gasteiger partial charge in [0.05, 0.1) is 6.04 Å². The number of carbonyl (C=O) groups is 3. The van der Waals surface area contributed by atoms with Gasteiger partial charge in [-0.1, -0.05) is 12.1 Å². The van der Waals surface area contributed by atoms with E-state index in [1.54, 1.807) is 12.1 Å². The van der Waals surface area contributed by atoms with Crippen molar-refractivity contribution in [2.24, 2.45) is 0 Å². The first-order valence-corrected chi connectivity index (χ1v) is 5.25. The third kappa shape index (κ3) is 4.65. The number of phenolic OH excluding ortho intramolecular Hbond substituents is 1. The van der Waals surface area contributed by atoms with Gasteiger partial charge < -0.3 is 20.3 Å². The number of amides is 1. The highest BCUT2D eigenvalue weighted by Gasteiger charge is 2.14. The van der Waals surface area contributed by atoms with Crippen LogP contribution in [0.5, 0.6) is 5.75 Å². The maximum atomic E-state index is 11.2. The minimum atomic E-state index is -1.25. The summed E-state index contributed by atoms with van der Waals surface area (Å²) in [7, 11) is 0. The van der Waals surface area contributed by atoms with Gasteiger partial charge in [-0.3, -0.25) is 9.59 Å². The summed E-state index contributed by atoms with van der Waals surface area (Å²) in [5.74, 6) is -1.85. The van der Waals surface area contributed by atoms with E-state index in [9.17, 15) is 14.4 Å². The van der Waals surface area contributed by atoms with Gasteiger partial charge in [0.1, 0.15) is 18.5 Å². The molecule has 1 aromatic rings. The Kier molecular flexibility index (Phi) is 4.86. The van der Waals surface area contributed by atoms with Crippen LogP contribution in [-0.2, 0) is 20.8 Å². The molecule has 0 bridgehead atoms. The van der Waals surface area contributed by atoms with E-state index in [0.29, 0.717) is 6.29 Å². The van der Waals surface area contributed by atoms with Crippen molar-refractivity contribution in [1.82, 2.24) is 5.32 Å². The minimum absolute atomic E-state index is 0.108. The molecular formula is C12H13NO5. The van der Waals surface area contributed by atoms with E-state index in [2.05, 4.69) is 5.32 Å². The normalized spacial score (nSPS) is 11.6. The Morgan fingerprint density at radius 3 is 2.39 bits per heavy atom. The molecule has 0 aliphatic rings. The third-order valence-corrected chi connectivity index (χ3v) is 2.21. The number of carboxylic acids is 1. The molecule has 96 valence electrons. The summed E-state index contributed by atoms with van der Waals surface area (Å²) < 4.78 is 0. The van der Waals surface area contributed by atoms with Crippen LogP contribution < -0.4 is 5.32 Å². The average Bonchev–Trinajstić information content (AvgIpc) is 2.30. The van der Waals surface area contributed by atoms with Crippen LogP contribution in [0.2, 0.25) is 0 Å². The molecule has 0 saturated carbocycles. The number of hydrogen-bond acceptors (Lipinski definition) is 4. The number of benzene rings is 1. The third-order valence-electron chi connectivity index (χ3n) is 2.21. The summed E-state index contributed by atoms with van der Waals surface area (Å²) in [5, 5.41) is 19.8. The second kappa shape index (κ2) is 6.39. The average molecular weight is 251 g/mol. The van der Waals surface area contributed by atoms with Crippen LogP contribution in [0.25, 0.3) is 0 Å². The number of rotatable bonds is 6. The lowest BCUT2D eigenvalue weighted by Gasteiger charge is -2.12. The first-order valence-electron chi connectivity index (χ1n) is 5.25. The van der Waals surface area contributed by atoms with E-state index in [-0.39, 0.29) is 12.2 Å². The lowest BCUT2D eigenvalue weighted by atomic mass is 10.1. The fraction of sp³-hybridized carbons (Fsp3) is 0.250. The number of aldehydes is 1. The largest absolute Gasteiger partial charge is 0.508 e. The molecule has 1 atom stereocenters. The molecule has 1 amide bonds. The molecule has 1 aromatic carbocycles. The van der Waals surface area contributed by atoms with Crippen molar-refractivity contribution in [1.29, 1.82) is 0 Å².